The molecule has 2 heterocycles. The summed E-state index contributed by atoms with van der Waals surface area (Å²) < 4.78 is 10.2. The highest BCUT2D eigenvalue weighted by molar-refractivity contribution is 6.31. The third-order valence-corrected chi connectivity index (χ3v) is 4.27. The minimum Gasteiger partial charge on any atom is -0.467 e. The lowest BCUT2D eigenvalue weighted by Gasteiger charge is -2.24. The number of likely N-dealkylation sites (tertiary alicyclic amines) is 1. The van der Waals surface area contributed by atoms with Crippen molar-refractivity contribution < 1.29 is 14.3 Å². The highest BCUT2D eigenvalue weighted by atomic mass is 35.5. The lowest BCUT2D eigenvalue weighted by molar-refractivity contribution is -0.129. The number of methoxy groups -OCH3 is 2. The van der Waals surface area contributed by atoms with Gasteiger partial charge in [-0.1, -0.05) is 29.8 Å². The van der Waals surface area contributed by atoms with Crippen molar-refractivity contribution in [2.45, 2.75) is 25.4 Å². The first kappa shape index (κ1) is 16.4. The molecular weight excluding hydrogens is 332 g/mol. The van der Waals surface area contributed by atoms with Gasteiger partial charge in [-0.15, -0.1) is 4.98 Å². The van der Waals surface area contributed by atoms with E-state index in [1.165, 1.54) is 14.2 Å². The summed E-state index contributed by atoms with van der Waals surface area (Å²) in [4.78, 5) is 26.6. The zero-order valence-electron chi connectivity index (χ0n) is 13.4. The van der Waals surface area contributed by atoms with Crippen LogP contribution in [0.4, 0.5) is 0 Å². The summed E-state index contributed by atoms with van der Waals surface area (Å²) in [6.07, 6.45) is 1.06. The summed E-state index contributed by atoms with van der Waals surface area (Å²) in [6.45, 7) is 0.402. The maximum Gasteiger partial charge on any atom is 0.322 e. The van der Waals surface area contributed by atoms with Crippen molar-refractivity contribution in [2.24, 2.45) is 0 Å². The number of rotatable bonds is 5. The first-order chi connectivity index (χ1) is 11.6. The van der Waals surface area contributed by atoms with Gasteiger partial charge in [0.05, 0.1) is 20.3 Å². The van der Waals surface area contributed by atoms with Crippen LogP contribution >= 0.6 is 11.6 Å². The summed E-state index contributed by atoms with van der Waals surface area (Å²) in [6, 6.07) is 7.52. The topological polar surface area (TPSA) is 77.4 Å². The fraction of sp³-hybridized carbons (Fsp3) is 0.375. The molecule has 1 fully saturated rings. The molecule has 1 saturated heterocycles. The molecule has 7 nitrogen and oxygen atoms in total. The van der Waals surface area contributed by atoms with E-state index in [2.05, 4.69) is 15.0 Å². The smallest absolute Gasteiger partial charge is 0.322 e. The molecule has 0 bridgehead atoms. The summed E-state index contributed by atoms with van der Waals surface area (Å²) >= 11 is 6.22. The Morgan fingerprint density at radius 2 is 1.83 bits per heavy atom. The number of halogens is 1. The number of carbonyl (C=O) groups excluding carboxylic acids is 1. The summed E-state index contributed by atoms with van der Waals surface area (Å²) in [5.74, 6) is 0.495. The fourth-order valence-corrected chi connectivity index (χ4v) is 2.89. The van der Waals surface area contributed by atoms with E-state index < -0.39 is 0 Å². The molecule has 0 saturated carbocycles. The Morgan fingerprint density at radius 3 is 2.46 bits per heavy atom. The van der Waals surface area contributed by atoms with Crippen LogP contribution < -0.4 is 9.47 Å². The van der Waals surface area contributed by atoms with Crippen LogP contribution in [0.3, 0.4) is 0 Å². The Morgan fingerprint density at radius 1 is 1.17 bits per heavy atom. The third kappa shape index (κ3) is 3.26. The van der Waals surface area contributed by atoms with Gasteiger partial charge >= 0.3 is 12.0 Å². The van der Waals surface area contributed by atoms with Gasteiger partial charge < -0.3 is 14.4 Å². The van der Waals surface area contributed by atoms with Crippen LogP contribution in [0.2, 0.25) is 5.02 Å². The molecule has 3 rings (SSSR count). The third-order valence-electron chi connectivity index (χ3n) is 3.90. The predicted octanol–water partition coefficient (Wildman–Crippen LogP) is 2.41. The molecule has 1 amide bonds. The fourth-order valence-electron chi connectivity index (χ4n) is 2.69. The van der Waals surface area contributed by atoms with E-state index in [0.29, 0.717) is 30.2 Å². The van der Waals surface area contributed by atoms with E-state index in [-0.39, 0.29) is 24.0 Å². The normalized spacial score (nSPS) is 17.2. The first-order valence-corrected chi connectivity index (χ1v) is 7.87. The summed E-state index contributed by atoms with van der Waals surface area (Å²) in [5, 5.41) is 0.627. The number of amides is 1. The van der Waals surface area contributed by atoms with Gasteiger partial charge in [0.1, 0.15) is 0 Å². The number of ether oxygens (including phenoxy) is 2. The van der Waals surface area contributed by atoms with E-state index in [0.717, 1.165) is 5.56 Å². The Labute approximate surface area is 144 Å². The number of hydrogen-bond acceptors (Lipinski definition) is 6. The van der Waals surface area contributed by atoms with E-state index in [4.69, 9.17) is 21.1 Å². The molecular formula is C16H17ClN4O3. The van der Waals surface area contributed by atoms with Crippen LogP contribution in [0.15, 0.2) is 24.3 Å². The molecule has 8 heteroatoms. The first-order valence-electron chi connectivity index (χ1n) is 7.49. The van der Waals surface area contributed by atoms with Crippen LogP contribution in [0, 0.1) is 0 Å². The molecule has 0 N–H and O–H groups in total. The molecule has 1 aliphatic rings. The maximum absolute atomic E-state index is 12.3. The molecule has 0 radical (unpaired) electrons. The SMILES string of the molecule is COc1nc(OC)nc(C2CCC(=O)N2Cc2ccccc2Cl)n1. The van der Waals surface area contributed by atoms with Crippen LogP contribution in [0.1, 0.15) is 30.3 Å². The monoisotopic (exact) mass is 348 g/mol. The minimum absolute atomic E-state index is 0.0401. The summed E-state index contributed by atoms with van der Waals surface area (Å²) in [5.41, 5.74) is 0.882. The molecule has 1 atom stereocenters. The van der Waals surface area contributed by atoms with Crippen LogP contribution in [-0.2, 0) is 11.3 Å². The Hall–Kier alpha value is -2.41. The van der Waals surface area contributed by atoms with Crippen molar-refractivity contribution in [3.63, 3.8) is 0 Å². The van der Waals surface area contributed by atoms with Crippen LogP contribution in [0.25, 0.3) is 0 Å². The molecule has 0 aliphatic carbocycles. The van der Waals surface area contributed by atoms with Crippen molar-refractivity contribution in [3.05, 3.63) is 40.7 Å². The molecule has 1 aromatic heterocycles. The number of nitrogens with zero attached hydrogens (tertiary/aromatic N) is 4. The highest BCUT2D eigenvalue weighted by Gasteiger charge is 2.35. The predicted molar refractivity (Wildman–Crippen MR) is 86.9 cm³/mol. The average Bonchev–Trinajstić information content (AvgIpc) is 2.97. The van der Waals surface area contributed by atoms with E-state index in [9.17, 15) is 4.79 Å². The van der Waals surface area contributed by atoms with Gasteiger partial charge in [-0.25, -0.2) is 0 Å². The summed E-state index contributed by atoms with van der Waals surface area (Å²) in [7, 11) is 2.94. The second-order valence-electron chi connectivity index (χ2n) is 5.33. The Bertz CT molecular complexity index is 734. The van der Waals surface area contributed by atoms with Crippen molar-refractivity contribution >= 4 is 17.5 Å². The van der Waals surface area contributed by atoms with Crippen molar-refractivity contribution in [1.29, 1.82) is 0 Å². The van der Waals surface area contributed by atoms with Crippen molar-refractivity contribution in [1.82, 2.24) is 19.9 Å². The molecule has 1 aliphatic heterocycles. The molecule has 1 unspecified atom stereocenters. The molecule has 1 aromatic carbocycles. The van der Waals surface area contributed by atoms with Crippen molar-refractivity contribution in [2.75, 3.05) is 14.2 Å². The van der Waals surface area contributed by atoms with E-state index in [1.54, 1.807) is 11.0 Å². The van der Waals surface area contributed by atoms with Gasteiger partial charge in [-0.2, -0.15) is 9.97 Å². The van der Waals surface area contributed by atoms with Crippen molar-refractivity contribution in [3.8, 4) is 12.0 Å². The zero-order chi connectivity index (χ0) is 17.1. The number of aromatic nitrogens is 3. The molecule has 2 aromatic rings. The average molecular weight is 349 g/mol. The lowest BCUT2D eigenvalue weighted by Crippen LogP contribution is -2.28. The van der Waals surface area contributed by atoms with Crippen LogP contribution in [-0.4, -0.2) is 40.0 Å². The van der Waals surface area contributed by atoms with Gasteiger partial charge in [0.2, 0.25) is 5.91 Å². The minimum atomic E-state index is -0.264. The zero-order valence-corrected chi connectivity index (χ0v) is 14.2. The largest absolute Gasteiger partial charge is 0.467 e. The van der Waals surface area contributed by atoms with Crippen LogP contribution in [0.5, 0.6) is 12.0 Å². The van der Waals surface area contributed by atoms with E-state index in [1.807, 2.05) is 18.2 Å². The van der Waals surface area contributed by atoms with Gasteiger partial charge in [-0.05, 0) is 18.1 Å². The van der Waals surface area contributed by atoms with Gasteiger partial charge in [0.15, 0.2) is 5.82 Å². The van der Waals surface area contributed by atoms with Gasteiger partial charge in [-0.3, -0.25) is 4.79 Å². The second kappa shape index (κ2) is 7.00. The molecule has 0 spiro atoms. The van der Waals surface area contributed by atoms with Gasteiger partial charge in [0.25, 0.3) is 0 Å². The number of hydrogen-bond donors (Lipinski definition) is 0. The highest BCUT2D eigenvalue weighted by Crippen LogP contribution is 2.34. The Kier molecular flexibility index (Phi) is 4.80. The maximum atomic E-state index is 12.3. The van der Waals surface area contributed by atoms with E-state index >= 15 is 0 Å². The standard InChI is InChI=1S/C16H17ClN4O3/c1-23-15-18-14(19-16(20-15)24-2)12-7-8-13(22)21(12)9-10-5-3-4-6-11(10)17/h3-6,12H,7-9H2,1-2H3. The second-order valence-corrected chi connectivity index (χ2v) is 5.74. The lowest BCUT2D eigenvalue weighted by atomic mass is 10.1. The number of carbonyl (C=O) groups is 1. The van der Waals surface area contributed by atoms with Gasteiger partial charge in [0, 0.05) is 18.0 Å². The quantitative estimate of drug-likeness (QED) is 0.825. The number of benzene rings is 1. The molecule has 126 valence electrons. The Balaban J connectivity index is 1.92. The molecule has 24 heavy (non-hydrogen) atoms.